The Kier molecular flexibility index (Phi) is 7.44. The molecule has 9 nitrogen and oxygen atoms in total. The van der Waals surface area contributed by atoms with Crippen molar-refractivity contribution in [2.24, 2.45) is 0 Å². The second-order valence-electron chi connectivity index (χ2n) is 8.00. The lowest BCUT2D eigenvalue weighted by Crippen LogP contribution is -2.49. The minimum absolute atomic E-state index is 0.102. The quantitative estimate of drug-likeness (QED) is 0.580. The molecule has 0 spiro atoms. The maximum atomic E-state index is 12.9. The second kappa shape index (κ2) is 10.7. The molecule has 1 aromatic carbocycles. The molecule has 34 heavy (non-hydrogen) atoms. The van der Waals surface area contributed by atoms with Gasteiger partial charge in [-0.05, 0) is 35.9 Å². The number of hydrogen-bond donors (Lipinski definition) is 1. The maximum Gasteiger partial charge on any atom is 0.342 e. The lowest BCUT2D eigenvalue weighted by atomic mass is 10.0. The predicted octanol–water partition coefficient (Wildman–Crippen LogP) is 3.00. The van der Waals surface area contributed by atoms with Crippen LogP contribution in [0.3, 0.4) is 0 Å². The van der Waals surface area contributed by atoms with Crippen LogP contribution in [-0.2, 0) is 4.79 Å². The van der Waals surface area contributed by atoms with Crippen molar-refractivity contribution in [3.63, 3.8) is 0 Å². The topological polar surface area (TPSA) is 92.6 Å². The van der Waals surface area contributed by atoms with E-state index in [1.165, 1.54) is 4.68 Å². The molecule has 0 bridgehead atoms. The zero-order valence-electron chi connectivity index (χ0n) is 19.2. The van der Waals surface area contributed by atoms with E-state index < -0.39 is 0 Å². The molecule has 0 atom stereocenters. The highest BCUT2D eigenvalue weighted by molar-refractivity contribution is 6.32. The molecule has 0 saturated carbocycles. The van der Waals surface area contributed by atoms with Gasteiger partial charge in [0.25, 0.3) is 0 Å². The van der Waals surface area contributed by atoms with Crippen molar-refractivity contribution < 1.29 is 14.3 Å². The van der Waals surface area contributed by atoms with Crippen LogP contribution in [0.4, 0.5) is 4.79 Å². The molecule has 10 heteroatoms. The van der Waals surface area contributed by atoms with E-state index in [-0.39, 0.29) is 11.9 Å². The number of carbonyl (C=O) groups excluding carboxylic acids is 2. The van der Waals surface area contributed by atoms with E-state index in [1.807, 2.05) is 23.1 Å². The molecular weight excluding hydrogens is 456 g/mol. The third kappa shape index (κ3) is 5.37. The summed E-state index contributed by atoms with van der Waals surface area (Å²) >= 11 is 6.34. The summed E-state index contributed by atoms with van der Waals surface area (Å²) in [6.07, 6.45) is 5.11. The van der Waals surface area contributed by atoms with Crippen molar-refractivity contribution in [3.8, 4) is 28.1 Å². The number of nitrogens with zero attached hydrogens (tertiary/aromatic N) is 5. The molecule has 1 N–H and O–H groups in total. The lowest BCUT2D eigenvalue weighted by molar-refractivity contribution is -0.130. The van der Waals surface area contributed by atoms with Gasteiger partial charge in [0.15, 0.2) is 0 Å². The third-order valence-corrected chi connectivity index (χ3v) is 6.16. The Labute approximate surface area is 203 Å². The van der Waals surface area contributed by atoms with Gasteiger partial charge in [0.1, 0.15) is 11.4 Å². The number of benzene rings is 1. The Morgan fingerprint density at radius 2 is 1.82 bits per heavy atom. The van der Waals surface area contributed by atoms with Crippen LogP contribution in [0.25, 0.3) is 22.4 Å². The first-order valence-corrected chi connectivity index (χ1v) is 11.4. The van der Waals surface area contributed by atoms with E-state index in [0.29, 0.717) is 42.6 Å². The van der Waals surface area contributed by atoms with E-state index in [0.717, 1.165) is 29.8 Å². The minimum atomic E-state index is -0.316. The number of nitrogens with one attached hydrogen (secondary N) is 1. The number of methoxy groups -OCH3 is 1. The molecule has 1 saturated heterocycles. The van der Waals surface area contributed by atoms with Crippen LogP contribution in [0.5, 0.6) is 5.75 Å². The SMILES string of the molecule is COc1ccc(-c2nn(C(=O)NCCN3CCN(C(C)=O)CC3)cc2-c2ccncc2)cc1Cl. The van der Waals surface area contributed by atoms with E-state index >= 15 is 0 Å². The number of piperazine rings is 1. The Hall–Kier alpha value is -3.43. The number of halogens is 1. The summed E-state index contributed by atoms with van der Waals surface area (Å²) in [6, 6.07) is 8.84. The summed E-state index contributed by atoms with van der Waals surface area (Å²) in [5, 5.41) is 7.97. The Morgan fingerprint density at radius 1 is 1.09 bits per heavy atom. The molecule has 2 amide bonds. The summed E-state index contributed by atoms with van der Waals surface area (Å²) in [5.74, 6) is 0.669. The van der Waals surface area contributed by atoms with Crippen molar-refractivity contribution in [2.45, 2.75) is 6.92 Å². The van der Waals surface area contributed by atoms with Crippen molar-refractivity contribution in [2.75, 3.05) is 46.4 Å². The highest BCUT2D eigenvalue weighted by atomic mass is 35.5. The first-order valence-electron chi connectivity index (χ1n) is 11.1. The highest BCUT2D eigenvalue weighted by Crippen LogP contribution is 2.34. The molecule has 4 rings (SSSR count). The fraction of sp³-hybridized carbons (Fsp3) is 0.333. The number of hydrogen-bond acceptors (Lipinski definition) is 6. The molecule has 0 aliphatic carbocycles. The number of carbonyl (C=O) groups is 2. The van der Waals surface area contributed by atoms with Gasteiger partial charge in [-0.2, -0.15) is 9.78 Å². The Balaban J connectivity index is 1.48. The van der Waals surface area contributed by atoms with Gasteiger partial charge in [-0.25, -0.2) is 4.79 Å². The fourth-order valence-electron chi connectivity index (χ4n) is 3.94. The lowest BCUT2D eigenvalue weighted by Gasteiger charge is -2.34. The van der Waals surface area contributed by atoms with Crippen LogP contribution < -0.4 is 10.1 Å². The van der Waals surface area contributed by atoms with Crippen molar-refractivity contribution in [1.29, 1.82) is 0 Å². The van der Waals surface area contributed by atoms with Crippen molar-refractivity contribution in [3.05, 3.63) is 53.9 Å². The minimum Gasteiger partial charge on any atom is -0.495 e. The third-order valence-electron chi connectivity index (χ3n) is 5.86. The molecule has 2 aromatic heterocycles. The standard InChI is InChI=1S/C24H27ClN6O3/c1-17(32)30-13-11-29(12-14-30)10-9-27-24(33)31-16-20(18-5-7-26-8-6-18)23(28-31)19-3-4-22(34-2)21(25)15-19/h3-8,15-16H,9-14H2,1-2H3,(H,27,33). The molecule has 3 aromatic rings. The molecule has 0 radical (unpaired) electrons. The largest absolute Gasteiger partial charge is 0.495 e. The predicted molar refractivity (Wildman–Crippen MR) is 130 cm³/mol. The second-order valence-corrected chi connectivity index (χ2v) is 8.41. The van der Waals surface area contributed by atoms with Gasteiger partial charge in [-0.15, -0.1) is 0 Å². The number of rotatable bonds is 6. The van der Waals surface area contributed by atoms with Gasteiger partial charge < -0.3 is 15.0 Å². The number of aromatic nitrogens is 3. The van der Waals surface area contributed by atoms with Gasteiger partial charge in [0.2, 0.25) is 5.91 Å². The van der Waals surface area contributed by atoms with Gasteiger partial charge in [-0.3, -0.25) is 14.7 Å². The van der Waals surface area contributed by atoms with Crippen LogP contribution in [0.2, 0.25) is 5.02 Å². The summed E-state index contributed by atoms with van der Waals surface area (Å²) in [5.41, 5.74) is 3.08. The fourth-order valence-corrected chi connectivity index (χ4v) is 4.19. The molecule has 178 valence electrons. The summed E-state index contributed by atoms with van der Waals surface area (Å²) in [7, 11) is 1.56. The molecule has 1 aliphatic rings. The van der Waals surface area contributed by atoms with Gasteiger partial charge in [0.05, 0.1) is 12.1 Å². The van der Waals surface area contributed by atoms with E-state index in [4.69, 9.17) is 16.3 Å². The van der Waals surface area contributed by atoms with Crippen LogP contribution in [-0.4, -0.2) is 82.9 Å². The number of pyridine rings is 1. The molecule has 0 unspecified atom stereocenters. The van der Waals surface area contributed by atoms with Gasteiger partial charge in [-0.1, -0.05) is 11.6 Å². The van der Waals surface area contributed by atoms with Crippen LogP contribution in [0.15, 0.2) is 48.9 Å². The Bertz CT molecular complexity index is 1160. The van der Waals surface area contributed by atoms with Crippen molar-refractivity contribution >= 4 is 23.5 Å². The first-order chi connectivity index (χ1) is 16.5. The van der Waals surface area contributed by atoms with E-state index in [2.05, 4.69) is 20.3 Å². The van der Waals surface area contributed by atoms with Gasteiger partial charge >= 0.3 is 6.03 Å². The average molecular weight is 483 g/mol. The van der Waals surface area contributed by atoms with E-state index in [9.17, 15) is 9.59 Å². The summed E-state index contributed by atoms with van der Waals surface area (Å²) in [6.45, 7) is 5.80. The number of ether oxygens (including phenoxy) is 1. The number of amides is 2. The average Bonchev–Trinajstić information content (AvgIpc) is 3.30. The zero-order chi connectivity index (χ0) is 24.1. The van der Waals surface area contributed by atoms with Crippen LogP contribution in [0, 0.1) is 0 Å². The zero-order valence-corrected chi connectivity index (χ0v) is 20.0. The van der Waals surface area contributed by atoms with Crippen LogP contribution >= 0.6 is 11.6 Å². The van der Waals surface area contributed by atoms with E-state index in [1.54, 1.807) is 44.8 Å². The molecular formula is C24H27ClN6O3. The van der Waals surface area contributed by atoms with Crippen LogP contribution in [0.1, 0.15) is 6.92 Å². The maximum absolute atomic E-state index is 12.9. The first kappa shape index (κ1) is 23.7. The monoisotopic (exact) mass is 482 g/mol. The summed E-state index contributed by atoms with van der Waals surface area (Å²) in [4.78, 5) is 32.5. The molecule has 3 heterocycles. The molecule has 1 fully saturated rings. The smallest absolute Gasteiger partial charge is 0.342 e. The highest BCUT2D eigenvalue weighted by Gasteiger charge is 2.20. The normalized spacial score (nSPS) is 14.1. The Morgan fingerprint density at radius 3 is 2.47 bits per heavy atom. The molecule has 1 aliphatic heterocycles. The summed E-state index contributed by atoms with van der Waals surface area (Å²) < 4.78 is 6.57. The van der Waals surface area contributed by atoms with Crippen molar-refractivity contribution in [1.82, 2.24) is 29.9 Å². The van der Waals surface area contributed by atoms with Gasteiger partial charge in [0, 0.05) is 75.9 Å².